The van der Waals surface area contributed by atoms with Crippen molar-refractivity contribution in [3.8, 4) is 0 Å². The highest BCUT2D eigenvalue weighted by Gasteiger charge is 2.00. The second-order valence-corrected chi connectivity index (χ2v) is 3.83. The molecule has 0 amide bonds. The van der Waals surface area contributed by atoms with Crippen molar-refractivity contribution in [1.29, 1.82) is 0 Å². The molecule has 0 heterocycles. The maximum absolute atomic E-state index is 9.76. The van der Waals surface area contributed by atoms with Crippen LogP contribution in [0.5, 0.6) is 0 Å². The van der Waals surface area contributed by atoms with Crippen molar-refractivity contribution in [3.63, 3.8) is 0 Å². The van der Waals surface area contributed by atoms with Gasteiger partial charge < -0.3 is 4.55 Å². The average molecular weight is 281 g/mol. The molecule has 56 valence electrons. The summed E-state index contributed by atoms with van der Waals surface area (Å²) in [6.07, 6.45) is 0. The first-order valence-electron chi connectivity index (χ1n) is 2.09. The Kier molecular flexibility index (Phi) is 6.45. The second-order valence-electron chi connectivity index (χ2n) is 1.24. The van der Waals surface area contributed by atoms with Crippen LogP contribution in [0, 0.1) is 0 Å². The Morgan fingerprint density at radius 1 is 1.78 bits per heavy atom. The maximum Gasteiger partial charge on any atom is 0.0842 e. The zero-order chi connectivity index (χ0) is 7.28. The smallest absolute Gasteiger partial charge is 0.0842 e. The molecule has 0 rings (SSSR count). The standard InChI is InChI=1S/C3H6Br2O3S/c4-1-3(5)2-8-9(6)7/h3H,1-2H2,(H,6,7)/p-1. The summed E-state index contributed by atoms with van der Waals surface area (Å²) in [6, 6.07) is 0. The van der Waals surface area contributed by atoms with Gasteiger partial charge in [-0.25, -0.2) is 4.21 Å². The van der Waals surface area contributed by atoms with Gasteiger partial charge in [0.05, 0.1) is 18.0 Å². The van der Waals surface area contributed by atoms with E-state index in [9.17, 15) is 8.76 Å². The number of alkyl halides is 2. The van der Waals surface area contributed by atoms with Crippen LogP contribution in [0.25, 0.3) is 0 Å². The first-order valence-corrected chi connectivity index (χ1v) is 5.13. The molecule has 0 aromatic carbocycles. The van der Waals surface area contributed by atoms with Crippen molar-refractivity contribution in [2.45, 2.75) is 4.83 Å². The van der Waals surface area contributed by atoms with Gasteiger partial charge in [0, 0.05) is 10.2 Å². The summed E-state index contributed by atoms with van der Waals surface area (Å²) < 4.78 is 23.8. The zero-order valence-corrected chi connectivity index (χ0v) is 8.37. The Morgan fingerprint density at radius 3 is 2.67 bits per heavy atom. The molecule has 3 nitrogen and oxygen atoms in total. The van der Waals surface area contributed by atoms with Crippen molar-refractivity contribution >= 4 is 43.2 Å². The van der Waals surface area contributed by atoms with Crippen molar-refractivity contribution in [2.75, 3.05) is 11.9 Å². The predicted octanol–water partition coefficient (Wildman–Crippen LogP) is 0.956. The van der Waals surface area contributed by atoms with E-state index in [1.165, 1.54) is 0 Å². The van der Waals surface area contributed by atoms with E-state index in [1.54, 1.807) is 0 Å². The van der Waals surface area contributed by atoms with Crippen molar-refractivity contribution in [1.82, 2.24) is 0 Å². The third kappa shape index (κ3) is 6.92. The van der Waals surface area contributed by atoms with Crippen LogP contribution >= 0.6 is 31.9 Å². The van der Waals surface area contributed by atoms with Crippen LogP contribution in [0.2, 0.25) is 0 Å². The normalized spacial score (nSPS) is 17.2. The van der Waals surface area contributed by atoms with Crippen LogP contribution in [-0.2, 0) is 15.5 Å². The Balaban J connectivity index is 3.16. The van der Waals surface area contributed by atoms with E-state index in [0.717, 1.165) is 0 Å². The van der Waals surface area contributed by atoms with E-state index in [0.29, 0.717) is 5.33 Å². The summed E-state index contributed by atoms with van der Waals surface area (Å²) in [5, 5.41) is 0.671. The molecule has 0 bridgehead atoms. The van der Waals surface area contributed by atoms with Gasteiger partial charge in [-0.05, 0) is 0 Å². The fraction of sp³-hybridized carbons (Fsp3) is 1.00. The monoisotopic (exact) mass is 279 g/mol. The van der Waals surface area contributed by atoms with Crippen LogP contribution in [0.3, 0.4) is 0 Å². The molecule has 0 saturated heterocycles. The lowest BCUT2D eigenvalue weighted by Gasteiger charge is -2.07. The van der Waals surface area contributed by atoms with Crippen molar-refractivity contribution in [3.05, 3.63) is 0 Å². The van der Waals surface area contributed by atoms with Gasteiger partial charge in [-0.1, -0.05) is 31.9 Å². The van der Waals surface area contributed by atoms with E-state index >= 15 is 0 Å². The minimum Gasteiger partial charge on any atom is -0.750 e. The molecule has 0 aliphatic carbocycles. The molecule has 0 aliphatic heterocycles. The number of hydrogen-bond acceptors (Lipinski definition) is 3. The minimum atomic E-state index is -2.39. The highest BCUT2D eigenvalue weighted by molar-refractivity contribution is 9.12. The molecule has 6 heteroatoms. The van der Waals surface area contributed by atoms with Crippen LogP contribution in [0.1, 0.15) is 0 Å². The van der Waals surface area contributed by atoms with E-state index < -0.39 is 11.4 Å². The molecule has 2 unspecified atom stereocenters. The molecule has 2 atom stereocenters. The molecule has 0 fully saturated rings. The molecule has 0 aromatic heterocycles. The maximum atomic E-state index is 9.76. The van der Waals surface area contributed by atoms with Crippen molar-refractivity contribution in [2.24, 2.45) is 0 Å². The molecule has 0 aliphatic rings. The zero-order valence-electron chi connectivity index (χ0n) is 4.38. The molecule has 9 heavy (non-hydrogen) atoms. The van der Waals surface area contributed by atoms with E-state index in [2.05, 4.69) is 36.0 Å². The van der Waals surface area contributed by atoms with Gasteiger partial charge in [-0.2, -0.15) is 0 Å². The van der Waals surface area contributed by atoms with E-state index in [4.69, 9.17) is 0 Å². The molecular weight excluding hydrogens is 276 g/mol. The number of hydrogen-bond donors (Lipinski definition) is 0. The SMILES string of the molecule is O=S([O-])OCC(Br)CBr. The van der Waals surface area contributed by atoms with Crippen LogP contribution in [0.15, 0.2) is 0 Å². The summed E-state index contributed by atoms with van der Waals surface area (Å²) in [7, 11) is 0. The minimum absolute atomic E-state index is 0.0513. The molecule has 0 aromatic rings. The number of halogens is 2. The fourth-order valence-electron chi connectivity index (χ4n) is 0.174. The van der Waals surface area contributed by atoms with Gasteiger partial charge in [0.2, 0.25) is 0 Å². The summed E-state index contributed by atoms with van der Waals surface area (Å²) in [5.41, 5.74) is 0. The summed E-state index contributed by atoms with van der Waals surface area (Å²) in [4.78, 5) is 0.0513. The van der Waals surface area contributed by atoms with E-state index in [1.807, 2.05) is 0 Å². The predicted molar refractivity (Wildman–Crippen MR) is 41.4 cm³/mol. The second kappa shape index (κ2) is 5.79. The van der Waals surface area contributed by atoms with Gasteiger partial charge in [0.15, 0.2) is 0 Å². The molecule has 0 spiro atoms. The van der Waals surface area contributed by atoms with Crippen molar-refractivity contribution < 1.29 is 12.9 Å². The Bertz CT molecular complexity index is 99.1. The summed E-state index contributed by atoms with van der Waals surface area (Å²) in [5.74, 6) is 0. The lowest BCUT2D eigenvalue weighted by Crippen LogP contribution is -2.10. The van der Waals surface area contributed by atoms with Gasteiger partial charge in [-0.15, -0.1) is 0 Å². The largest absolute Gasteiger partial charge is 0.750 e. The van der Waals surface area contributed by atoms with Crippen LogP contribution < -0.4 is 0 Å². The third-order valence-corrected chi connectivity index (χ3v) is 3.08. The molecule has 0 N–H and O–H groups in total. The third-order valence-electron chi connectivity index (χ3n) is 0.513. The molecule has 0 radical (unpaired) electrons. The first kappa shape index (κ1) is 10.0. The number of rotatable bonds is 4. The summed E-state index contributed by atoms with van der Waals surface area (Å²) >= 11 is 3.91. The highest BCUT2D eigenvalue weighted by atomic mass is 79.9. The van der Waals surface area contributed by atoms with Gasteiger partial charge in [-0.3, -0.25) is 4.18 Å². The lowest BCUT2D eigenvalue weighted by atomic mass is 10.5. The van der Waals surface area contributed by atoms with Crippen LogP contribution in [0.4, 0.5) is 0 Å². The fourth-order valence-corrected chi connectivity index (χ4v) is 0.943. The average Bonchev–Trinajstić information content (AvgIpc) is 1.83. The van der Waals surface area contributed by atoms with Gasteiger partial charge >= 0.3 is 0 Å². The molecule has 0 saturated carbocycles. The Morgan fingerprint density at radius 2 is 2.33 bits per heavy atom. The van der Waals surface area contributed by atoms with Gasteiger partial charge in [0.1, 0.15) is 0 Å². The van der Waals surface area contributed by atoms with Crippen LogP contribution in [-0.4, -0.2) is 25.5 Å². The van der Waals surface area contributed by atoms with Gasteiger partial charge in [0.25, 0.3) is 0 Å². The Hall–Kier alpha value is 1.03. The first-order chi connectivity index (χ1) is 4.16. The quantitative estimate of drug-likeness (QED) is 0.569. The van der Waals surface area contributed by atoms with E-state index in [-0.39, 0.29) is 11.4 Å². The lowest BCUT2D eigenvalue weighted by molar-refractivity contribution is 0.307. The molecular formula is C3H5Br2O3S-. The highest BCUT2D eigenvalue weighted by Crippen LogP contribution is 2.03. The topological polar surface area (TPSA) is 49.4 Å². The Labute approximate surface area is 72.9 Å². The summed E-state index contributed by atoms with van der Waals surface area (Å²) in [6.45, 7) is 0.168.